The van der Waals surface area contributed by atoms with Crippen LogP contribution in [-0.4, -0.2) is 12.9 Å². The second-order valence-corrected chi connectivity index (χ2v) is 6.46. The molecule has 144 valence electrons. The fourth-order valence-corrected chi connectivity index (χ4v) is 2.87. The zero-order valence-electron chi connectivity index (χ0n) is 16.3. The van der Waals surface area contributed by atoms with Crippen LogP contribution in [0.3, 0.4) is 0 Å². The Kier molecular flexibility index (Phi) is 6.68. The van der Waals surface area contributed by atoms with Gasteiger partial charge in [-0.3, -0.25) is 4.79 Å². The van der Waals surface area contributed by atoms with Gasteiger partial charge in [0.2, 0.25) is 0 Å². The van der Waals surface area contributed by atoms with Gasteiger partial charge in [-0.25, -0.2) is 0 Å². The largest absolute Gasteiger partial charge is 0.497 e. The number of carbonyl (C=O) groups is 1. The van der Waals surface area contributed by atoms with Crippen LogP contribution < -0.4 is 14.8 Å². The van der Waals surface area contributed by atoms with Crippen LogP contribution in [-0.2, 0) is 13.2 Å². The number of nitrogens with one attached hydrogen (secondary N) is 1. The summed E-state index contributed by atoms with van der Waals surface area (Å²) in [5, 5.41) is 3.38. The second-order valence-electron chi connectivity index (χ2n) is 6.46. The van der Waals surface area contributed by atoms with Gasteiger partial charge in [0.1, 0.15) is 18.1 Å². The van der Waals surface area contributed by atoms with Crippen molar-refractivity contribution in [3.8, 4) is 11.5 Å². The van der Waals surface area contributed by atoms with Crippen molar-refractivity contribution in [2.45, 2.75) is 26.5 Å². The Bertz CT molecular complexity index is 905. The van der Waals surface area contributed by atoms with Crippen LogP contribution >= 0.6 is 0 Å². The first-order valence-electron chi connectivity index (χ1n) is 9.40. The van der Waals surface area contributed by atoms with Gasteiger partial charge >= 0.3 is 0 Å². The number of ketones is 1. The zero-order chi connectivity index (χ0) is 19.8. The van der Waals surface area contributed by atoms with Gasteiger partial charge in [-0.1, -0.05) is 49.4 Å². The van der Waals surface area contributed by atoms with Crippen LogP contribution in [0, 0.1) is 0 Å². The number of Topliss-reactive ketones (excluding diaryl/α,β-unsaturated/α-hetero) is 1. The second kappa shape index (κ2) is 9.60. The molecule has 0 amide bonds. The molecule has 0 saturated heterocycles. The van der Waals surface area contributed by atoms with Crippen LogP contribution in [0.5, 0.6) is 11.5 Å². The van der Waals surface area contributed by atoms with E-state index in [2.05, 4.69) is 5.32 Å². The summed E-state index contributed by atoms with van der Waals surface area (Å²) in [6, 6.07) is 23.5. The molecule has 3 aromatic rings. The molecule has 0 saturated carbocycles. The van der Waals surface area contributed by atoms with Gasteiger partial charge in [0.15, 0.2) is 5.78 Å². The lowest BCUT2D eigenvalue weighted by Crippen LogP contribution is -2.07. The minimum absolute atomic E-state index is 0.104. The molecule has 0 heterocycles. The molecule has 0 fully saturated rings. The number of benzene rings is 3. The highest BCUT2D eigenvalue weighted by molar-refractivity contribution is 6.01. The summed E-state index contributed by atoms with van der Waals surface area (Å²) >= 11 is 0. The summed E-state index contributed by atoms with van der Waals surface area (Å²) in [5.74, 6) is 1.66. The number of carbonyl (C=O) groups excluding carboxylic acids is 1. The number of hydrogen-bond acceptors (Lipinski definition) is 4. The summed E-state index contributed by atoms with van der Waals surface area (Å²) in [7, 11) is 1.65. The Morgan fingerprint density at radius 1 is 0.893 bits per heavy atom. The minimum atomic E-state index is 0.104. The molecule has 0 bridgehead atoms. The molecule has 0 spiro atoms. The molecule has 3 rings (SSSR count). The number of hydrogen-bond donors (Lipinski definition) is 1. The van der Waals surface area contributed by atoms with Crippen molar-refractivity contribution < 1.29 is 14.3 Å². The lowest BCUT2D eigenvalue weighted by atomic mass is 10.1. The van der Waals surface area contributed by atoms with Crippen molar-refractivity contribution in [2.24, 2.45) is 0 Å². The van der Waals surface area contributed by atoms with Crippen LogP contribution in [0.4, 0.5) is 5.69 Å². The number of methoxy groups -OCH3 is 1. The highest BCUT2D eigenvalue weighted by atomic mass is 16.5. The van der Waals surface area contributed by atoms with Crippen LogP contribution in [0.25, 0.3) is 0 Å². The maximum Gasteiger partial charge on any atom is 0.164 e. The van der Waals surface area contributed by atoms with Crippen LogP contribution in [0.1, 0.15) is 34.8 Å². The standard InChI is InChI=1S/C24H25NO3/c1-3-24(26)22-14-13-21(28-17-19-7-5-4-6-8-19)15-23(22)25-16-18-9-11-20(27-2)12-10-18/h4-15,25H,3,16-17H2,1-2H3. The monoisotopic (exact) mass is 375 g/mol. The SMILES string of the molecule is CCC(=O)c1ccc(OCc2ccccc2)cc1NCc1ccc(OC)cc1. The third-order valence-electron chi connectivity index (χ3n) is 4.50. The van der Waals surface area contributed by atoms with Gasteiger partial charge in [-0.2, -0.15) is 0 Å². The molecule has 0 unspecified atom stereocenters. The van der Waals surface area contributed by atoms with E-state index in [0.29, 0.717) is 25.1 Å². The van der Waals surface area contributed by atoms with E-state index >= 15 is 0 Å². The number of anilines is 1. The highest BCUT2D eigenvalue weighted by Gasteiger charge is 2.11. The van der Waals surface area contributed by atoms with Crippen molar-refractivity contribution >= 4 is 11.5 Å². The normalized spacial score (nSPS) is 10.4. The third kappa shape index (κ3) is 5.13. The molecule has 3 aromatic carbocycles. The van der Waals surface area contributed by atoms with Crippen molar-refractivity contribution in [1.82, 2.24) is 0 Å². The Morgan fingerprint density at radius 2 is 1.61 bits per heavy atom. The average molecular weight is 375 g/mol. The third-order valence-corrected chi connectivity index (χ3v) is 4.50. The predicted molar refractivity (Wildman–Crippen MR) is 112 cm³/mol. The van der Waals surface area contributed by atoms with E-state index in [1.165, 1.54) is 0 Å². The van der Waals surface area contributed by atoms with E-state index in [-0.39, 0.29) is 5.78 Å². The van der Waals surface area contributed by atoms with E-state index in [9.17, 15) is 4.79 Å². The molecule has 0 aliphatic rings. The first-order chi connectivity index (χ1) is 13.7. The first-order valence-corrected chi connectivity index (χ1v) is 9.40. The van der Waals surface area contributed by atoms with Crippen molar-refractivity contribution in [1.29, 1.82) is 0 Å². The zero-order valence-corrected chi connectivity index (χ0v) is 16.3. The summed E-state index contributed by atoms with van der Waals surface area (Å²) in [5.41, 5.74) is 3.67. The maximum atomic E-state index is 12.3. The highest BCUT2D eigenvalue weighted by Crippen LogP contribution is 2.25. The molecule has 28 heavy (non-hydrogen) atoms. The van der Waals surface area contributed by atoms with E-state index in [1.807, 2.05) is 79.7 Å². The fraction of sp³-hybridized carbons (Fsp3) is 0.208. The smallest absolute Gasteiger partial charge is 0.164 e. The minimum Gasteiger partial charge on any atom is -0.497 e. The molecule has 1 N–H and O–H groups in total. The molecule has 0 aliphatic carbocycles. The predicted octanol–water partition coefficient (Wildman–Crippen LogP) is 5.48. The van der Waals surface area contributed by atoms with Gasteiger partial charge in [0.25, 0.3) is 0 Å². The van der Waals surface area contributed by atoms with Gasteiger partial charge in [-0.15, -0.1) is 0 Å². The molecular formula is C24H25NO3. The Morgan fingerprint density at radius 3 is 2.29 bits per heavy atom. The Hall–Kier alpha value is -3.27. The van der Waals surface area contributed by atoms with Crippen molar-refractivity contribution in [3.63, 3.8) is 0 Å². The van der Waals surface area contributed by atoms with Gasteiger partial charge in [-0.05, 0) is 35.4 Å². The Balaban J connectivity index is 1.74. The summed E-state index contributed by atoms with van der Waals surface area (Å²) in [6.07, 6.45) is 0.460. The van der Waals surface area contributed by atoms with Crippen LogP contribution in [0.15, 0.2) is 72.8 Å². The molecule has 0 atom stereocenters. The van der Waals surface area contributed by atoms with Crippen molar-refractivity contribution in [2.75, 3.05) is 12.4 Å². The topological polar surface area (TPSA) is 47.6 Å². The molecule has 0 aromatic heterocycles. The molecular weight excluding hydrogens is 350 g/mol. The fourth-order valence-electron chi connectivity index (χ4n) is 2.87. The van der Waals surface area contributed by atoms with Crippen molar-refractivity contribution in [3.05, 3.63) is 89.5 Å². The lowest BCUT2D eigenvalue weighted by Gasteiger charge is -2.14. The lowest BCUT2D eigenvalue weighted by molar-refractivity contribution is 0.0989. The summed E-state index contributed by atoms with van der Waals surface area (Å²) in [6.45, 7) is 2.96. The van der Waals surface area contributed by atoms with Gasteiger partial charge in [0, 0.05) is 30.3 Å². The quantitative estimate of drug-likeness (QED) is 0.503. The molecule has 0 radical (unpaired) electrons. The summed E-state index contributed by atoms with van der Waals surface area (Å²) in [4.78, 5) is 12.3. The number of ether oxygens (including phenoxy) is 2. The van der Waals surface area contributed by atoms with E-state index in [0.717, 1.165) is 28.3 Å². The van der Waals surface area contributed by atoms with E-state index in [4.69, 9.17) is 9.47 Å². The Labute approximate surface area is 166 Å². The number of rotatable bonds is 9. The molecule has 4 heteroatoms. The molecule has 4 nitrogen and oxygen atoms in total. The van der Waals surface area contributed by atoms with Gasteiger partial charge in [0.05, 0.1) is 7.11 Å². The molecule has 0 aliphatic heterocycles. The first kappa shape index (κ1) is 19.5. The maximum absolute atomic E-state index is 12.3. The van der Waals surface area contributed by atoms with E-state index in [1.54, 1.807) is 7.11 Å². The van der Waals surface area contributed by atoms with Crippen LogP contribution in [0.2, 0.25) is 0 Å². The average Bonchev–Trinajstić information content (AvgIpc) is 2.76. The van der Waals surface area contributed by atoms with Gasteiger partial charge < -0.3 is 14.8 Å². The summed E-state index contributed by atoms with van der Waals surface area (Å²) < 4.78 is 11.1. The van der Waals surface area contributed by atoms with E-state index < -0.39 is 0 Å².